The van der Waals surface area contributed by atoms with E-state index in [9.17, 15) is 18.0 Å². The van der Waals surface area contributed by atoms with E-state index in [1.54, 1.807) is 0 Å². The van der Waals surface area contributed by atoms with Crippen molar-refractivity contribution in [2.24, 2.45) is 18.9 Å². The number of alkyl halides is 3. The monoisotopic (exact) mass is 350 g/mol. The van der Waals surface area contributed by atoms with Crippen molar-refractivity contribution in [2.45, 2.75) is 50.5 Å². The van der Waals surface area contributed by atoms with Gasteiger partial charge in [0.25, 0.3) is 0 Å². The summed E-state index contributed by atoms with van der Waals surface area (Å²) in [5.41, 5.74) is 0. The zero-order valence-corrected chi connectivity index (χ0v) is 14.2. The second-order valence-electron chi connectivity index (χ2n) is 6.09. The number of nitrogens with one attached hydrogen (secondary N) is 1. The van der Waals surface area contributed by atoms with Gasteiger partial charge in [-0.15, -0.1) is 10.2 Å². The predicted molar refractivity (Wildman–Crippen MR) is 80.8 cm³/mol. The van der Waals surface area contributed by atoms with Crippen molar-refractivity contribution >= 4 is 17.7 Å². The standard InChI is InChI=1S/C14H21F3N4OS/c1-8-5-4-6-10(9(8)2)18-11(22)7-23-13-20-19-12(21(13)3)14(15,16)17/h8-10H,4-7H2,1-3H3,(H,18,22)/t8-,9-,10-/m1/s1. The molecule has 1 aliphatic carbocycles. The molecule has 5 nitrogen and oxygen atoms in total. The fraction of sp³-hybridized carbons (Fsp3) is 0.786. The van der Waals surface area contributed by atoms with Crippen LogP contribution in [0.15, 0.2) is 5.16 Å². The molecule has 2 rings (SSSR count). The lowest BCUT2D eigenvalue weighted by molar-refractivity contribution is -0.147. The Balaban J connectivity index is 1.89. The highest BCUT2D eigenvalue weighted by atomic mass is 32.2. The number of hydrogen-bond acceptors (Lipinski definition) is 4. The first-order valence-electron chi connectivity index (χ1n) is 7.59. The molecule has 1 aromatic rings. The van der Waals surface area contributed by atoms with Gasteiger partial charge in [0.1, 0.15) is 0 Å². The minimum absolute atomic E-state index is 0.0292. The largest absolute Gasteiger partial charge is 0.451 e. The maximum absolute atomic E-state index is 12.6. The van der Waals surface area contributed by atoms with Gasteiger partial charge in [0, 0.05) is 13.1 Å². The number of aromatic nitrogens is 3. The van der Waals surface area contributed by atoms with E-state index in [2.05, 4.69) is 29.4 Å². The van der Waals surface area contributed by atoms with Gasteiger partial charge >= 0.3 is 6.18 Å². The van der Waals surface area contributed by atoms with Crippen LogP contribution in [-0.2, 0) is 18.0 Å². The molecule has 9 heteroatoms. The summed E-state index contributed by atoms with van der Waals surface area (Å²) in [6.07, 6.45) is -1.34. The Morgan fingerprint density at radius 1 is 1.35 bits per heavy atom. The van der Waals surface area contributed by atoms with Gasteiger partial charge in [0.05, 0.1) is 5.75 Å². The van der Waals surface area contributed by atoms with Crippen LogP contribution in [0.4, 0.5) is 13.2 Å². The summed E-state index contributed by atoms with van der Waals surface area (Å²) in [5, 5.41) is 9.71. The van der Waals surface area contributed by atoms with Crippen molar-refractivity contribution in [1.82, 2.24) is 20.1 Å². The van der Waals surface area contributed by atoms with Gasteiger partial charge in [-0.05, 0) is 18.3 Å². The highest BCUT2D eigenvalue weighted by Gasteiger charge is 2.37. The molecule has 0 saturated heterocycles. The van der Waals surface area contributed by atoms with Crippen molar-refractivity contribution in [3.8, 4) is 0 Å². The quantitative estimate of drug-likeness (QED) is 0.849. The molecular weight excluding hydrogens is 329 g/mol. The van der Waals surface area contributed by atoms with Crippen LogP contribution in [0.5, 0.6) is 0 Å². The van der Waals surface area contributed by atoms with Gasteiger partial charge in [-0.25, -0.2) is 0 Å². The summed E-state index contributed by atoms with van der Waals surface area (Å²) in [6, 6.07) is 0.136. The molecule has 1 aromatic heterocycles. The fourth-order valence-electron chi connectivity index (χ4n) is 2.85. The van der Waals surface area contributed by atoms with E-state index in [1.165, 1.54) is 13.5 Å². The van der Waals surface area contributed by atoms with Crippen LogP contribution in [-0.4, -0.2) is 32.5 Å². The fourth-order valence-corrected chi connectivity index (χ4v) is 3.57. The van der Waals surface area contributed by atoms with Crippen LogP contribution in [0.1, 0.15) is 38.9 Å². The molecule has 3 atom stereocenters. The maximum Gasteiger partial charge on any atom is 0.451 e. The molecule has 0 spiro atoms. The van der Waals surface area contributed by atoms with Crippen molar-refractivity contribution < 1.29 is 18.0 Å². The molecular formula is C14H21F3N4OS. The second-order valence-corrected chi connectivity index (χ2v) is 7.04. The lowest BCUT2D eigenvalue weighted by atomic mass is 9.78. The summed E-state index contributed by atoms with van der Waals surface area (Å²) in [6.45, 7) is 4.30. The molecule has 1 N–H and O–H groups in total. The summed E-state index contributed by atoms with van der Waals surface area (Å²) in [5.74, 6) is -0.242. The average molecular weight is 350 g/mol. The molecule has 0 bridgehead atoms. The number of thioether (sulfide) groups is 1. The Labute approximate surface area is 137 Å². The maximum atomic E-state index is 12.6. The minimum Gasteiger partial charge on any atom is -0.352 e. The number of halogens is 3. The van der Waals surface area contributed by atoms with E-state index in [0.29, 0.717) is 11.8 Å². The normalized spacial score (nSPS) is 25.4. The Morgan fingerprint density at radius 3 is 2.65 bits per heavy atom. The second kappa shape index (κ2) is 7.11. The van der Waals surface area contributed by atoms with Gasteiger partial charge in [0.2, 0.25) is 11.7 Å². The van der Waals surface area contributed by atoms with Crippen molar-refractivity contribution in [2.75, 3.05) is 5.75 Å². The van der Waals surface area contributed by atoms with E-state index in [4.69, 9.17) is 0 Å². The molecule has 1 amide bonds. The minimum atomic E-state index is -4.55. The van der Waals surface area contributed by atoms with Gasteiger partial charge in [0.15, 0.2) is 5.16 Å². The molecule has 130 valence electrons. The third-order valence-corrected chi connectivity index (χ3v) is 5.49. The molecule has 0 unspecified atom stereocenters. The number of carbonyl (C=O) groups is 1. The van der Waals surface area contributed by atoms with E-state index >= 15 is 0 Å². The molecule has 0 aromatic carbocycles. The average Bonchev–Trinajstić information content (AvgIpc) is 2.83. The molecule has 1 heterocycles. The van der Waals surface area contributed by atoms with E-state index < -0.39 is 12.0 Å². The zero-order valence-electron chi connectivity index (χ0n) is 13.4. The third kappa shape index (κ3) is 4.39. The van der Waals surface area contributed by atoms with Crippen LogP contribution in [0.3, 0.4) is 0 Å². The number of carbonyl (C=O) groups excluding carboxylic acids is 1. The van der Waals surface area contributed by atoms with Crippen LogP contribution >= 0.6 is 11.8 Å². The highest BCUT2D eigenvalue weighted by Crippen LogP contribution is 2.31. The summed E-state index contributed by atoms with van der Waals surface area (Å²) >= 11 is 0.960. The highest BCUT2D eigenvalue weighted by molar-refractivity contribution is 7.99. The number of nitrogens with zero attached hydrogens (tertiary/aromatic N) is 3. The molecule has 0 radical (unpaired) electrons. The smallest absolute Gasteiger partial charge is 0.352 e. The first-order valence-corrected chi connectivity index (χ1v) is 8.57. The lowest BCUT2D eigenvalue weighted by Gasteiger charge is -2.34. The van der Waals surface area contributed by atoms with E-state index in [1.807, 2.05) is 0 Å². The Kier molecular flexibility index (Phi) is 5.59. The van der Waals surface area contributed by atoms with Crippen molar-refractivity contribution in [1.29, 1.82) is 0 Å². The first-order chi connectivity index (χ1) is 10.7. The van der Waals surface area contributed by atoms with E-state index in [-0.39, 0.29) is 22.9 Å². The number of hydrogen-bond donors (Lipinski definition) is 1. The lowest BCUT2D eigenvalue weighted by Crippen LogP contribution is -2.44. The molecule has 1 fully saturated rings. The van der Waals surface area contributed by atoms with Crippen LogP contribution < -0.4 is 5.32 Å². The Morgan fingerprint density at radius 2 is 2.04 bits per heavy atom. The van der Waals surface area contributed by atoms with Crippen molar-refractivity contribution in [3.63, 3.8) is 0 Å². The summed E-state index contributed by atoms with van der Waals surface area (Å²) in [7, 11) is 1.24. The van der Waals surface area contributed by atoms with Crippen molar-refractivity contribution in [3.05, 3.63) is 5.82 Å². The SMILES string of the molecule is C[C@@H]1[C@H](C)CCC[C@H]1NC(=O)CSc1nnc(C(F)(F)F)n1C. The van der Waals surface area contributed by atoms with Gasteiger partial charge in [-0.2, -0.15) is 13.2 Å². The third-order valence-electron chi connectivity index (χ3n) is 4.47. The van der Waals surface area contributed by atoms with Crippen LogP contribution in [0.25, 0.3) is 0 Å². The molecule has 1 aliphatic rings. The predicted octanol–water partition coefficient (Wildman–Crippen LogP) is 2.87. The van der Waals surface area contributed by atoms with Gasteiger partial charge in [-0.1, -0.05) is 38.5 Å². The Hall–Kier alpha value is -1.25. The summed E-state index contributed by atoms with van der Waals surface area (Å²) < 4.78 is 38.8. The zero-order chi connectivity index (χ0) is 17.2. The van der Waals surface area contributed by atoms with Gasteiger partial charge < -0.3 is 9.88 Å². The van der Waals surface area contributed by atoms with Gasteiger partial charge in [-0.3, -0.25) is 4.79 Å². The molecule has 1 saturated carbocycles. The number of rotatable bonds is 4. The van der Waals surface area contributed by atoms with E-state index in [0.717, 1.165) is 29.2 Å². The summed E-state index contributed by atoms with van der Waals surface area (Å²) in [4.78, 5) is 12.0. The molecule has 23 heavy (non-hydrogen) atoms. The topological polar surface area (TPSA) is 59.8 Å². The Bertz CT molecular complexity index is 561. The first kappa shape index (κ1) is 18.1. The van der Waals surface area contributed by atoms with Crippen LogP contribution in [0, 0.1) is 11.8 Å². The van der Waals surface area contributed by atoms with Crippen LogP contribution in [0.2, 0.25) is 0 Å². The molecule has 0 aliphatic heterocycles. The number of amides is 1.